The minimum Gasteiger partial charge on any atom is -0.383 e. The minimum atomic E-state index is 0.553. The molecule has 0 saturated heterocycles. The van der Waals surface area contributed by atoms with Gasteiger partial charge in [0.2, 0.25) is 0 Å². The van der Waals surface area contributed by atoms with E-state index in [2.05, 4.69) is 22.5 Å². The summed E-state index contributed by atoms with van der Waals surface area (Å²) in [4.78, 5) is 4.09. The number of aromatic nitrogens is 2. The summed E-state index contributed by atoms with van der Waals surface area (Å²) in [5.41, 5.74) is 2.17. The zero-order valence-electron chi connectivity index (χ0n) is 8.83. The van der Waals surface area contributed by atoms with Gasteiger partial charge in [0.15, 0.2) is 5.15 Å². The van der Waals surface area contributed by atoms with Gasteiger partial charge in [-0.25, -0.2) is 4.98 Å². The second kappa shape index (κ2) is 4.21. The van der Waals surface area contributed by atoms with Crippen LogP contribution >= 0.6 is 11.6 Å². The van der Waals surface area contributed by atoms with Gasteiger partial charge in [-0.15, -0.1) is 0 Å². The fourth-order valence-electron chi connectivity index (χ4n) is 1.78. The molecule has 0 aliphatic carbocycles. The average Bonchev–Trinajstić information content (AvgIpc) is 2.53. The van der Waals surface area contributed by atoms with E-state index >= 15 is 0 Å². The van der Waals surface area contributed by atoms with Crippen molar-refractivity contribution in [2.24, 2.45) is 0 Å². The zero-order chi connectivity index (χ0) is 10.8. The number of hydrogen-bond donors (Lipinski definition) is 0. The van der Waals surface area contributed by atoms with Gasteiger partial charge in [-0.1, -0.05) is 11.6 Å². The van der Waals surface area contributed by atoms with Gasteiger partial charge in [0, 0.05) is 30.9 Å². The van der Waals surface area contributed by atoms with Crippen LogP contribution in [0.15, 0.2) is 18.3 Å². The first-order valence-corrected chi connectivity index (χ1v) is 5.21. The highest BCUT2D eigenvalue weighted by molar-refractivity contribution is 6.33. The number of fused-ring (bicyclic) bond motifs is 1. The molecule has 15 heavy (non-hydrogen) atoms. The lowest BCUT2D eigenvalue weighted by Crippen LogP contribution is -2.05. The SMILES string of the molecule is COCCn1c(C)cc2ccnc(Cl)c21. The molecule has 0 bridgehead atoms. The van der Waals surface area contributed by atoms with E-state index in [1.54, 1.807) is 13.3 Å². The number of hydrogen-bond acceptors (Lipinski definition) is 2. The van der Waals surface area contributed by atoms with Crippen molar-refractivity contribution >= 4 is 22.5 Å². The van der Waals surface area contributed by atoms with Gasteiger partial charge in [0.05, 0.1) is 12.1 Å². The second-order valence-corrected chi connectivity index (χ2v) is 3.83. The maximum atomic E-state index is 6.08. The Morgan fingerprint density at radius 2 is 2.33 bits per heavy atom. The highest BCUT2D eigenvalue weighted by Crippen LogP contribution is 2.24. The number of pyridine rings is 1. The molecule has 2 aromatic heterocycles. The molecule has 4 heteroatoms. The number of methoxy groups -OCH3 is 1. The Labute approximate surface area is 93.6 Å². The fraction of sp³-hybridized carbons (Fsp3) is 0.364. The molecular weight excluding hydrogens is 212 g/mol. The van der Waals surface area contributed by atoms with Crippen molar-refractivity contribution in [3.63, 3.8) is 0 Å². The molecule has 0 radical (unpaired) electrons. The smallest absolute Gasteiger partial charge is 0.153 e. The first-order valence-electron chi connectivity index (χ1n) is 4.83. The van der Waals surface area contributed by atoms with E-state index in [-0.39, 0.29) is 0 Å². The predicted molar refractivity (Wildman–Crippen MR) is 61.4 cm³/mol. The third-order valence-electron chi connectivity index (χ3n) is 2.49. The number of aryl methyl sites for hydroxylation is 1. The average molecular weight is 225 g/mol. The highest BCUT2D eigenvalue weighted by atomic mass is 35.5. The topological polar surface area (TPSA) is 27.1 Å². The molecule has 0 aromatic carbocycles. The lowest BCUT2D eigenvalue weighted by atomic mass is 10.3. The predicted octanol–water partition coefficient (Wildman–Crippen LogP) is 2.64. The maximum absolute atomic E-state index is 6.08. The van der Waals surface area contributed by atoms with E-state index in [9.17, 15) is 0 Å². The standard InChI is InChI=1S/C11H13ClN2O/c1-8-7-9-3-4-13-11(12)10(9)14(8)5-6-15-2/h3-4,7H,5-6H2,1-2H3. The first kappa shape index (κ1) is 10.5. The Kier molecular flexibility index (Phi) is 2.93. The van der Waals surface area contributed by atoms with Crippen LogP contribution in [0.4, 0.5) is 0 Å². The third-order valence-corrected chi connectivity index (χ3v) is 2.77. The van der Waals surface area contributed by atoms with Gasteiger partial charge in [0.25, 0.3) is 0 Å². The van der Waals surface area contributed by atoms with E-state index in [4.69, 9.17) is 16.3 Å². The normalized spacial score (nSPS) is 11.1. The van der Waals surface area contributed by atoms with Crippen LogP contribution in [0.25, 0.3) is 10.9 Å². The van der Waals surface area contributed by atoms with Gasteiger partial charge in [-0.3, -0.25) is 0 Å². The summed E-state index contributed by atoms with van der Waals surface area (Å²) < 4.78 is 7.21. The van der Waals surface area contributed by atoms with Crippen LogP contribution in [0.1, 0.15) is 5.69 Å². The third kappa shape index (κ3) is 1.85. The van der Waals surface area contributed by atoms with Crippen molar-refractivity contribution in [3.8, 4) is 0 Å². The summed E-state index contributed by atoms with van der Waals surface area (Å²) in [6, 6.07) is 4.08. The molecule has 0 aliphatic rings. The van der Waals surface area contributed by atoms with Crippen molar-refractivity contribution in [2.45, 2.75) is 13.5 Å². The lowest BCUT2D eigenvalue weighted by Gasteiger charge is -2.07. The van der Waals surface area contributed by atoms with E-state index < -0.39 is 0 Å². The van der Waals surface area contributed by atoms with Gasteiger partial charge in [-0.2, -0.15) is 0 Å². The van der Waals surface area contributed by atoms with Crippen molar-refractivity contribution in [2.75, 3.05) is 13.7 Å². The van der Waals surface area contributed by atoms with Crippen LogP contribution < -0.4 is 0 Å². The van der Waals surface area contributed by atoms with E-state index in [1.165, 1.54) is 5.69 Å². The Hall–Kier alpha value is -1.06. The molecule has 0 saturated carbocycles. The Balaban J connectivity index is 2.55. The van der Waals surface area contributed by atoms with Gasteiger partial charge >= 0.3 is 0 Å². The maximum Gasteiger partial charge on any atom is 0.153 e. The fourth-order valence-corrected chi connectivity index (χ4v) is 2.04. The number of rotatable bonds is 3. The van der Waals surface area contributed by atoms with E-state index in [0.717, 1.165) is 17.4 Å². The zero-order valence-corrected chi connectivity index (χ0v) is 9.58. The summed E-state index contributed by atoms with van der Waals surface area (Å²) in [7, 11) is 1.70. The number of halogens is 1. The molecule has 0 fully saturated rings. The van der Waals surface area contributed by atoms with Crippen molar-refractivity contribution in [3.05, 3.63) is 29.2 Å². The number of nitrogens with zero attached hydrogens (tertiary/aromatic N) is 2. The highest BCUT2D eigenvalue weighted by Gasteiger charge is 2.08. The molecule has 0 aliphatic heterocycles. The molecular formula is C11H13ClN2O. The Morgan fingerprint density at radius 1 is 1.53 bits per heavy atom. The summed E-state index contributed by atoms with van der Waals surface area (Å²) in [6.07, 6.45) is 1.73. The molecule has 0 atom stereocenters. The van der Waals surface area contributed by atoms with Gasteiger partial charge in [0.1, 0.15) is 0 Å². The van der Waals surface area contributed by atoms with Gasteiger partial charge < -0.3 is 9.30 Å². The monoisotopic (exact) mass is 224 g/mol. The first-order chi connectivity index (χ1) is 7.24. The van der Waals surface area contributed by atoms with Crippen molar-refractivity contribution in [1.29, 1.82) is 0 Å². The molecule has 2 rings (SSSR count). The second-order valence-electron chi connectivity index (χ2n) is 3.47. The molecule has 0 N–H and O–H groups in total. The van der Waals surface area contributed by atoms with Crippen molar-refractivity contribution < 1.29 is 4.74 Å². The van der Waals surface area contributed by atoms with E-state index in [1.807, 2.05) is 6.07 Å². The summed E-state index contributed by atoms with van der Waals surface area (Å²) in [5.74, 6) is 0. The summed E-state index contributed by atoms with van der Waals surface area (Å²) >= 11 is 6.08. The molecule has 0 amide bonds. The van der Waals surface area contributed by atoms with Crippen molar-refractivity contribution in [1.82, 2.24) is 9.55 Å². The van der Waals surface area contributed by atoms with Gasteiger partial charge in [-0.05, 0) is 19.1 Å². The Morgan fingerprint density at radius 3 is 3.07 bits per heavy atom. The van der Waals surface area contributed by atoms with Crippen LogP contribution in [-0.2, 0) is 11.3 Å². The van der Waals surface area contributed by atoms with Crippen LogP contribution in [0.3, 0.4) is 0 Å². The number of ether oxygens (including phenoxy) is 1. The quantitative estimate of drug-likeness (QED) is 0.750. The van der Waals surface area contributed by atoms with Crippen LogP contribution in [0, 0.1) is 6.92 Å². The van der Waals surface area contributed by atoms with E-state index in [0.29, 0.717) is 11.8 Å². The van der Waals surface area contributed by atoms with Crippen LogP contribution in [0.5, 0.6) is 0 Å². The van der Waals surface area contributed by atoms with Crippen LogP contribution in [-0.4, -0.2) is 23.3 Å². The largest absolute Gasteiger partial charge is 0.383 e. The summed E-state index contributed by atoms with van der Waals surface area (Å²) in [5, 5.41) is 1.68. The summed E-state index contributed by atoms with van der Waals surface area (Å²) in [6.45, 7) is 3.54. The molecule has 3 nitrogen and oxygen atoms in total. The molecule has 2 aromatic rings. The van der Waals surface area contributed by atoms with Crippen LogP contribution in [0.2, 0.25) is 5.15 Å². The lowest BCUT2D eigenvalue weighted by molar-refractivity contribution is 0.188. The molecule has 0 spiro atoms. The molecule has 0 unspecified atom stereocenters. The Bertz CT molecular complexity index is 479. The molecule has 2 heterocycles. The minimum absolute atomic E-state index is 0.553. The molecule has 80 valence electrons.